The number of methoxy groups -OCH3 is 1. The highest BCUT2D eigenvalue weighted by Gasteiger charge is 2.24. The number of hydrogen-bond acceptors (Lipinski definition) is 6. The number of fused-ring (bicyclic) bond motifs is 1. The van der Waals surface area contributed by atoms with Crippen LogP contribution in [0.5, 0.6) is 5.75 Å². The van der Waals surface area contributed by atoms with Crippen LogP contribution in [0.1, 0.15) is 38.2 Å². The predicted octanol–water partition coefficient (Wildman–Crippen LogP) is 3.34. The van der Waals surface area contributed by atoms with Crippen LogP contribution in [-0.4, -0.2) is 48.6 Å². The first-order chi connectivity index (χ1) is 16.1. The third kappa shape index (κ3) is 4.97. The first-order valence-electron chi connectivity index (χ1n) is 11.1. The number of aromatic nitrogens is 2. The molecule has 1 aromatic heterocycles. The molecule has 182 valence electrons. The first kappa shape index (κ1) is 25.4. The molecule has 0 aliphatic carbocycles. The van der Waals surface area contributed by atoms with Crippen molar-refractivity contribution < 1.29 is 17.9 Å². The van der Waals surface area contributed by atoms with Crippen molar-refractivity contribution in [3.8, 4) is 5.75 Å². The van der Waals surface area contributed by atoms with Gasteiger partial charge in [0.15, 0.2) is 5.69 Å². The summed E-state index contributed by atoms with van der Waals surface area (Å²) in [6.07, 6.45) is 0. The molecule has 10 heteroatoms. The van der Waals surface area contributed by atoms with Gasteiger partial charge in [0.05, 0.1) is 23.1 Å². The van der Waals surface area contributed by atoms with Crippen LogP contribution in [0.3, 0.4) is 0 Å². The largest absolute Gasteiger partial charge is 0.495 e. The number of benzene rings is 2. The molecule has 0 bridgehead atoms. The molecule has 0 saturated heterocycles. The number of amides is 1. The van der Waals surface area contributed by atoms with Gasteiger partial charge in [0.25, 0.3) is 11.5 Å². The van der Waals surface area contributed by atoms with Crippen molar-refractivity contribution in [2.24, 2.45) is 5.92 Å². The van der Waals surface area contributed by atoms with Gasteiger partial charge in [-0.2, -0.15) is 9.40 Å². The smallest absolute Gasteiger partial charge is 0.276 e. The molecule has 0 fully saturated rings. The Kier molecular flexibility index (Phi) is 7.73. The van der Waals surface area contributed by atoms with E-state index in [0.717, 1.165) is 0 Å². The lowest BCUT2D eigenvalue weighted by Gasteiger charge is -2.20. The Morgan fingerprint density at radius 2 is 1.76 bits per heavy atom. The van der Waals surface area contributed by atoms with E-state index in [4.69, 9.17) is 4.74 Å². The average molecular weight is 487 g/mol. The molecule has 34 heavy (non-hydrogen) atoms. The van der Waals surface area contributed by atoms with Crippen LogP contribution in [0.15, 0.2) is 52.2 Å². The lowest BCUT2D eigenvalue weighted by molar-refractivity contribution is 0.102. The standard InChI is InChI=1S/C24H30N4O5S/c1-6-27(7-2)34(31,32)17-12-13-21(33-5)20(14-17)25-23(29)22-18-10-8-9-11-19(18)24(30)28(26-22)15-16(3)4/h8-14,16H,6-7,15H2,1-5H3,(H,25,29). The summed E-state index contributed by atoms with van der Waals surface area (Å²) < 4.78 is 33.9. The Hall–Kier alpha value is -3.24. The van der Waals surface area contributed by atoms with Crippen molar-refractivity contribution >= 4 is 32.4 Å². The monoisotopic (exact) mass is 486 g/mol. The second-order valence-electron chi connectivity index (χ2n) is 8.18. The highest BCUT2D eigenvalue weighted by Crippen LogP contribution is 2.29. The van der Waals surface area contributed by atoms with Gasteiger partial charge >= 0.3 is 0 Å². The van der Waals surface area contributed by atoms with E-state index in [2.05, 4.69) is 10.4 Å². The van der Waals surface area contributed by atoms with Crippen molar-refractivity contribution in [1.29, 1.82) is 0 Å². The molecule has 0 aliphatic heterocycles. The summed E-state index contributed by atoms with van der Waals surface area (Å²) in [6.45, 7) is 8.42. The van der Waals surface area contributed by atoms with Gasteiger partial charge < -0.3 is 10.1 Å². The second kappa shape index (κ2) is 10.4. The maximum atomic E-state index is 13.3. The van der Waals surface area contributed by atoms with Crippen LogP contribution in [0, 0.1) is 5.92 Å². The minimum Gasteiger partial charge on any atom is -0.495 e. The second-order valence-corrected chi connectivity index (χ2v) is 10.1. The normalized spacial score (nSPS) is 11.9. The van der Waals surface area contributed by atoms with Crippen molar-refractivity contribution in [2.45, 2.75) is 39.1 Å². The van der Waals surface area contributed by atoms with Gasteiger partial charge in [0.1, 0.15) is 5.75 Å². The van der Waals surface area contributed by atoms with Gasteiger partial charge in [-0.05, 0) is 30.2 Å². The molecular weight excluding hydrogens is 456 g/mol. The molecule has 0 unspecified atom stereocenters. The Morgan fingerprint density at radius 1 is 1.12 bits per heavy atom. The number of carbonyl (C=O) groups excluding carboxylic acids is 1. The van der Waals surface area contributed by atoms with Crippen molar-refractivity contribution in [1.82, 2.24) is 14.1 Å². The Bertz CT molecular complexity index is 1360. The minimum atomic E-state index is -3.74. The number of rotatable bonds is 9. The Labute approximate surface area is 199 Å². The van der Waals surface area contributed by atoms with Crippen molar-refractivity contribution in [3.05, 3.63) is 58.5 Å². The van der Waals surface area contributed by atoms with Gasteiger partial charge in [0.2, 0.25) is 10.0 Å². The lowest BCUT2D eigenvalue weighted by atomic mass is 10.1. The maximum Gasteiger partial charge on any atom is 0.276 e. The minimum absolute atomic E-state index is 0.0369. The third-order valence-electron chi connectivity index (χ3n) is 5.38. The number of hydrogen-bond donors (Lipinski definition) is 1. The summed E-state index contributed by atoms with van der Waals surface area (Å²) >= 11 is 0. The van der Waals surface area contributed by atoms with Gasteiger partial charge in [-0.25, -0.2) is 13.1 Å². The maximum absolute atomic E-state index is 13.3. The number of anilines is 1. The quantitative estimate of drug-likeness (QED) is 0.497. The fourth-order valence-corrected chi connectivity index (χ4v) is 5.20. The van der Waals surface area contributed by atoms with Crippen LogP contribution in [0.25, 0.3) is 10.8 Å². The number of sulfonamides is 1. The molecule has 0 spiro atoms. The zero-order valence-electron chi connectivity index (χ0n) is 20.0. The van der Waals surface area contributed by atoms with Crippen LogP contribution >= 0.6 is 0 Å². The van der Waals surface area contributed by atoms with E-state index in [1.165, 1.54) is 34.3 Å². The summed E-state index contributed by atoms with van der Waals surface area (Å²) in [5.74, 6) is -0.139. The molecule has 0 aliphatic rings. The van der Waals surface area contributed by atoms with Gasteiger partial charge in [0, 0.05) is 25.0 Å². The van der Waals surface area contributed by atoms with Gasteiger partial charge in [-0.1, -0.05) is 45.9 Å². The van der Waals surface area contributed by atoms with E-state index in [1.807, 2.05) is 13.8 Å². The van der Waals surface area contributed by atoms with Crippen LogP contribution in [0.4, 0.5) is 5.69 Å². The van der Waals surface area contributed by atoms with E-state index < -0.39 is 15.9 Å². The summed E-state index contributed by atoms with van der Waals surface area (Å²) in [7, 11) is -2.31. The molecule has 1 amide bonds. The Morgan fingerprint density at radius 3 is 2.35 bits per heavy atom. The van der Waals surface area contributed by atoms with Crippen LogP contribution in [-0.2, 0) is 16.6 Å². The highest BCUT2D eigenvalue weighted by atomic mass is 32.2. The summed E-state index contributed by atoms with van der Waals surface area (Å²) in [5.41, 5.74) is -0.0196. The van der Waals surface area contributed by atoms with Gasteiger partial charge in [-0.15, -0.1) is 0 Å². The number of nitrogens with zero attached hydrogens (tertiary/aromatic N) is 3. The first-order valence-corrected chi connectivity index (χ1v) is 12.6. The zero-order valence-corrected chi connectivity index (χ0v) is 20.8. The molecule has 1 N–H and O–H groups in total. The number of carbonyl (C=O) groups is 1. The van der Waals surface area contributed by atoms with Crippen molar-refractivity contribution in [3.63, 3.8) is 0 Å². The molecule has 0 saturated carbocycles. The molecule has 3 aromatic rings. The third-order valence-corrected chi connectivity index (χ3v) is 7.43. The Balaban J connectivity index is 2.10. The van der Waals surface area contributed by atoms with E-state index in [9.17, 15) is 18.0 Å². The SMILES string of the molecule is CCN(CC)S(=O)(=O)c1ccc(OC)c(NC(=O)c2nn(CC(C)C)c(=O)c3ccccc23)c1. The van der Waals surface area contributed by atoms with E-state index in [-0.39, 0.29) is 27.8 Å². The van der Waals surface area contributed by atoms with Crippen LogP contribution < -0.4 is 15.6 Å². The topological polar surface area (TPSA) is 111 Å². The number of nitrogens with one attached hydrogen (secondary N) is 1. The molecule has 1 heterocycles. The fourth-order valence-electron chi connectivity index (χ4n) is 3.71. The average Bonchev–Trinajstić information content (AvgIpc) is 2.81. The van der Waals surface area contributed by atoms with E-state index >= 15 is 0 Å². The summed E-state index contributed by atoms with van der Waals surface area (Å²) in [6, 6.07) is 11.1. The molecule has 9 nitrogen and oxygen atoms in total. The van der Waals surface area contributed by atoms with Crippen LogP contribution in [0.2, 0.25) is 0 Å². The summed E-state index contributed by atoms with van der Waals surface area (Å²) in [4.78, 5) is 26.2. The molecule has 2 aromatic carbocycles. The zero-order chi connectivity index (χ0) is 25.0. The molecule has 0 radical (unpaired) electrons. The summed E-state index contributed by atoms with van der Waals surface area (Å²) in [5, 5.41) is 7.87. The highest BCUT2D eigenvalue weighted by molar-refractivity contribution is 7.89. The van der Waals surface area contributed by atoms with E-state index in [1.54, 1.807) is 38.1 Å². The predicted molar refractivity (Wildman–Crippen MR) is 132 cm³/mol. The lowest BCUT2D eigenvalue weighted by Crippen LogP contribution is -2.31. The fraction of sp³-hybridized carbons (Fsp3) is 0.375. The molecule has 3 rings (SSSR count). The molecule has 0 atom stereocenters. The number of ether oxygens (including phenoxy) is 1. The van der Waals surface area contributed by atoms with E-state index in [0.29, 0.717) is 36.2 Å². The molecular formula is C24H30N4O5S. The van der Waals surface area contributed by atoms with Gasteiger partial charge in [-0.3, -0.25) is 9.59 Å². The van der Waals surface area contributed by atoms with Crippen molar-refractivity contribution in [2.75, 3.05) is 25.5 Å².